The van der Waals surface area contributed by atoms with Crippen LogP contribution >= 0.6 is 39.1 Å². The monoisotopic (exact) mass is 778 g/mol. The fourth-order valence-corrected chi connectivity index (χ4v) is 8.68. The van der Waals surface area contributed by atoms with Crippen LogP contribution < -0.4 is 26.4 Å². The number of likely N-dealkylation sites (tertiary alicyclic amines) is 1. The van der Waals surface area contributed by atoms with Crippen LogP contribution in [0.25, 0.3) is 11.0 Å². The molecule has 7 rings (SSSR count). The van der Waals surface area contributed by atoms with Crippen molar-refractivity contribution in [1.29, 1.82) is 0 Å². The summed E-state index contributed by atoms with van der Waals surface area (Å²) in [5, 5.41) is 9.69. The highest BCUT2D eigenvalue weighted by Gasteiger charge is 2.76. The number of imide groups is 1. The van der Waals surface area contributed by atoms with Gasteiger partial charge in [0.1, 0.15) is 23.8 Å². The fraction of sp³-hybridized carbons (Fsp3) is 0.419. The summed E-state index contributed by atoms with van der Waals surface area (Å²) in [5.74, 6) is -1.45. The molecule has 15 nitrogen and oxygen atoms in total. The van der Waals surface area contributed by atoms with E-state index in [-0.39, 0.29) is 48.6 Å². The summed E-state index contributed by atoms with van der Waals surface area (Å²) in [4.78, 5) is 70.0. The number of furan rings is 1. The van der Waals surface area contributed by atoms with Crippen molar-refractivity contribution >= 4 is 62.0 Å². The Bertz CT molecular complexity index is 2290. The molecule has 258 valence electrons. The summed E-state index contributed by atoms with van der Waals surface area (Å²) >= 11 is 17.5. The first-order chi connectivity index (χ1) is 23.4. The van der Waals surface area contributed by atoms with Crippen molar-refractivity contribution in [1.82, 2.24) is 28.4 Å². The molecule has 5 heterocycles. The van der Waals surface area contributed by atoms with Crippen LogP contribution in [-0.2, 0) is 42.8 Å². The van der Waals surface area contributed by atoms with Gasteiger partial charge in [0.05, 0.1) is 49.2 Å². The third kappa shape index (κ3) is 4.49. The first kappa shape index (κ1) is 33.4. The third-order valence-electron chi connectivity index (χ3n) is 9.71. The molecule has 4 atom stereocenters. The summed E-state index contributed by atoms with van der Waals surface area (Å²) in [5.41, 5.74) is -0.429. The number of aliphatic hydroxyl groups excluding tert-OH is 1. The molecule has 0 bridgehead atoms. The Balaban J connectivity index is 1.30. The molecule has 2 amide bonds. The van der Waals surface area contributed by atoms with E-state index in [1.807, 2.05) is 0 Å². The number of fused-ring (bicyclic) bond motifs is 5. The molecule has 49 heavy (non-hydrogen) atoms. The van der Waals surface area contributed by atoms with Gasteiger partial charge >= 0.3 is 11.4 Å². The number of rotatable bonds is 8. The van der Waals surface area contributed by atoms with E-state index in [9.17, 15) is 29.1 Å². The van der Waals surface area contributed by atoms with Crippen LogP contribution in [0.15, 0.2) is 54.7 Å². The van der Waals surface area contributed by atoms with Gasteiger partial charge in [-0.3, -0.25) is 19.3 Å². The normalized spacial score (nSPS) is 24.6. The summed E-state index contributed by atoms with van der Waals surface area (Å²) in [6.07, 6.45) is 1.33. The lowest BCUT2D eigenvalue weighted by Crippen LogP contribution is -2.59. The second-order valence-corrected chi connectivity index (χ2v) is 13.7. The minimum atomic E-state index is -2.05. The molecule has 4 unspecified atom stereocenters. The molecule has 4 aromatic rings. The minimum absolute atomic E-state index is 0.0581. The zero-order valence-corrected chi connectivity index (χ0v) is 29.4. The Kier molecular flexibility index (Phi) is 8.00. The standard InChI is InChI=1S/C31H29BrCl2N6O9/c1-36-19-11-23(48-3)22(47-2)10-18(19)35-17(25(36)42)7-8-37-28(45)39-9-6-16-20(40(39)29(37)46)12-30(33)26(43)38(14-32)27(44)31(30,34)24(16)21-5-4-15(13-41)49-21/h4-6,10-11,20,24,41H,7-9,12-14H2,1-3H3. The van der Waals surface area contributed by atoms with Crippen LogP contribution in [0.5, 0.6) is 11.5 Å². The molecule has 3 aromatic heterocycles. The van der Waals surface area contributed by atoms with Crippen LogP contribution in [-0.4, -0.2) is 74.7 Å². The number of benzene rings is 1. The highest BCUT2D eigenvalue weighted by atomic mass is 79.9. The number of ether oxygens (including phenoxy) is 2. The van der Waals surface area contributed by atoms with Gasteiger partial charge < -0.3 is 23.6 Å². The van der Waals surface area contributed by atoms with Crippen molar-refractivity contribution in [2.24, 2.45) is 7.05 Å². The Labute approximate surface area is 294 Å². The second-order valence-electron chi connectivity index (χ2n) is 12.0. The lowest BCUT2D eigenvalue weighted by molar-refractivity contribution is -0.138. The predicted molar refractivity (Wildman–Crippen MR) is 179 cm³/mol. The average molecular weight is 780 g/mol. The zero-order valence-electron chi connectivity index (χ0n) is 26.3. The number of alkyl halides is 3. The molecule has 0 spiro atoms. The number of hydrogen-bond acceptors (Lipinski definition) is 10. The first-order valence-corrected chi connectivity index (χ1v) is 17.0. The molecule has 1 saturated carbocycles. The van der Waals surface area contributed by atoms with E-state index in [4.69, 9.17) is 37.1 Å². The molecule has 1 aromatic carbocycles. The van der Waals surface area contributed by atoms with Gasteiger partial charge in [-0.2, -0.15) is 0 Å². The van der Waals surface area contributed by atoms with E-state index < -0.39 is 57.1 Å². The Morgan fingerprint density at radius 3 is 2.43 bits per heavy atom. The quantitative estimate of drug-likeness (QED) is 0.120. The Hall–Kier alpha value is -4.12. The van der Waals surface area contributed by atoms with Gasteiger partial charge in [-0.15, -0.1) is 23.2 Å². The number of aryl methyl sites for hydroxylation is 2. The van der Waals surface area contributed by atoms with E-state index >= 15 is 0 Å². The minimum Gasteiger partial charge on any atom is -0.493 e. The average Bonchev–Trinajstić information content (AvgIpc) is 3.71. The van der Waals surface area contributed by atoms with Gasteiger partial charge in [0.2, 0.25) is 0 Å². The van der Waals surface area contributed by atoms with Crippen molar-refractivity contribution in [2.75, 3.05) is 19.7 Å². The fourth-order valence-electron chi connectivity index (χ4n) is 7.29. The molecular formula is C31H29BrCl2N6O9. The summed E-state index contributed by atoms with van der Waals surface area (Å²) in [7, 11) is 4.55. The van der Waals surface area contributed by atoms with Crippen LogP contribution in [0.2, 0.25) is 0 Å². The van der Waals surface area contributed by atoms with Crippen LogP contribution in [0.3, 0.4) is 0 Å². The van der Waals surface area contributed by atoms with Crippen molar-refractivity contribution in [3.8, 4) is 11.5 Å². The SMILES string of the molecule is COc1cc2nc(CCn3c(=O)n4n(c3=O)C3CC5(Cl)C(=O)N(CBr)C(=O)C5(Cl)C(c5ccc(CO)o5)C3=CC4)c(=O)n(C)c2cc1OC. The molecule has 3 aliphatic rings. The number of carbonyl (C=O) groups is 2. The summed E-state index contributed by atoms with van der Waals surface area (Å²) in [6.45, 7) is -0.688. The van der Waals surface area contributed by atoms with E-state index in [1.54, 1.807) is 25.3 Å². The van der Waals surface area contributed by atoms with Crippen molar-refractivity contribution in [3.05, 3.63) is 84.5 Å². The Morgan fingerprint density at radius 1 is 1.06 bits per heavy atom. The second kappa shape index (κ2) is 11.7. The topological polar surface area (TPSA) is 173 Å². The molecule has 1 N–H and O–H groups in total. The van der Waals surface area contributed by atoms with Crippen LogP contribution in [0, 0.1) is 0 Å². The maximum atomic E-state index is 14.1. The van der Waals surface area contributed by atoms with Gasteiger partial charge in [0.15, 0.2) is 21.2 Å². The van der Waals surface area contributed by atoms with Gasteiger partial charge in [-0.1, -0.05) is 22.0 Å². The van der Waals surface area contributed by atoms with Crippen molar-refractivity contribution in [3.63, 3.8) is 0 Å². The predicted octanol–water partition coefficient (Wildman–Crippen LogP) is 1.75. The maximum absolute atomic E-state index is 14.1. The van der Waals surface area contributed by atoms with Crippen LogP contribution in [0.1, 0.15) is 35.6 Å². The molecule has 1 aliphatic carbocycles. The first-order valence-electron chi connectivity index (χ1n) is 15.1. The van der Waals surface area contributed by atoms with E-state index in [1.165, 1.54) is 40.3 Å². The van der Waals surface area contributed by atoms with Crippen LogP contribution in [0.4, 0.5) is 0 Å². The van der Waals surface area contributed by atoms with Gasteiger partial charge in [-0.05, 0) is 17.7 Å². The molecule has 1 saturated heterocycles. The zero-order chi connectivity index (χ0) is 35.2. The number of carbonyl (C=O) groups excluding carboxylic acids is 2. The number of nitrogens with zero attached hydrogens (tertiary/aromatic N) is 6. The summed E-state index contributed by atoms with van der Waals surface area (Å²) in [6, 6.07) is 5.34. The number of amides is 2. The number of methoxy groups -OCH3 is 2. The number of hydrogen-bond donors (Lipinski definition) is 1. The Morgan fingerprint density at radius 2 is 1.78 bits per heavy atom. The smallest absolute Gasteiger partial charge is 0.347 e. The van der Waals surface area contributed by atoms with E-state index in [0.29, 0.717) is 28.1 Å². The highest BCUT2D eigenvalue weighted by molar-refractivity contribution is 9.09. The van der Waals surface area contributed by atoms with Crippen molar-refractivity contribution in [2.45, 2.75) is 54.2 Å². The van der Waals surface area contributed by atoms with Gasteiger partial charge in [0.25, 0.3) is 17.4 Å². The van der Waals surface area contributed by atoms with Gasteiger partial charge in [-0.25, -0.2) is 28.5 Å². The molecule has 2 aliphatic heterocycles. The number of halogens is 3. The summed E-state index contributed by atoms with van der Waals surface area (Å²) < 4.78 is 21.5. The lowest BCUT2D eigenvalue weighted by Gasteiger charge is -2.48. The van der Waals surface area contributed by atoms with Crippen molar-refractivity contribution < 1.29 is 28.6 Å². The maximum Gasteiger partial charge on any atom is 0.347 e. The molecule has 18 heteroatoms. The molecule has 2 fully saturated rings. The van der Waals surface area contributed by atoms with E-state index in [0.717, 1.165) is 9.47 Å². The number of allylic oxidation sites excluding steroid dienone is 2. The number of aliphatic hydroxyl groups is 1. The number of aromatic nitrogens is 5. The third-order valence-corrected chi connectivity index (χ3v) is 11.6. The van der Waals surface area contributed by atoms with Gasteiger partial charge in [0, 0.05) is 38.6 Å². The lowest BCUT2D eigenvalue weighted by atomic mass is 9.65. The largest absolute Gasteiger partial charge is 0.493 e. The van der Waals surface area contributed by atoms with E-state index in [2.05, 4.69) is 20.9 Å². The molecule has 0 radical (unpaired) electrons. The highest BCUT2D eigenvalue weighted by Crippen LogP contribution is 2.63. The molecular weight excluding hydrogens is 751 g/mol.